The summed E-state index contributed by atoms with van der Waals surface area (Å²) in [5.74, 6) is 1.14. The van der Waals surface area contributed by atoms with Crippen LogP contribution in [0, 0.1) is 6.92 Å². The lowest BCUT2D eigenvalue weighted by Gasteiger charge is -2.16. The summed E-state index contributed by atoms with van der Waals surface area (Å²) in [6.45, 7) is 2.01. The van der Waals surface area contributed by atoms with Gasteiger partial charge in [0.2, 0.25) is 0 Å². The van der Waals surface area contributed by atoms with Gasteiger partial charge in [0.05, 0.1) is 24.9 Å². The van der Waals surface area contributed by atoms with E-state index in [2.05, 4.69) is 10.6 Å². The van der Waals surface area contributed by atoms with E-state index < -0.39 is 0 Å². The molecule has 6 heteroatoms. The van der Waals surface area contributed by atoms with Crippen molar-refractivity contribution in [3.8, 4) is 11.5 Å². The molecule has 0 aliphatic rings. The molecule has 4 nitrogen and oxygen atoms in total. The molecule has 0 amide bonds. The van der Waals surface area contributed by atoms with Crippen LogP contribution < -0.4 is 20.1 Å². The molecule has 0 spiro atoms. The first-order valence-electron chi connectivity index (χ1n) is 6.60. The number of nitrogens with one attached hydrogen (secondary N) is 2. The van der Waals surface area contributed by atoms with E-state index in [1.54, 1.807) is 26.4 Å². The molecular weight excluding hydrogens is 320 g/mol. The van der Waals surface area contributed by atoms with Crippen molar-refractivity contribution in [3.05, 3.63) is 47.0 Å². The fourth-order valence-corrected chi connectivity index (χ4v) is 2.41. The number of ether oxygens (including phenoxy) is 2. The van der Waals surface area contributed by atoms with Gasteiger partial charge in [-0.2, -0.15) is 0 Å². The van der Waals surface area contributed by atoms with Crippen molar-refractivity contribution in [3.63, 3.8) is 0 Å². The zero-order valence-electron chi connectivity index (χ0n) is 12.6. The highest BCUT2D eigenvalue weighted by atomic mass is 35.5. The van der Waals surface area contributed by atoms with Crippen molar-refractivity contribution >= 4 is 40.3 Å². The van der Waals surface area contributed by atoms with Gasteiger partial charge in [-0.1, -0.05) is 29.8 Å². The summed E-state index contributed by atoms with van der Waals surface area (Å²) < 4.78 is 10.5. The molecular formula is C16H17ClN2O2S. The van der Waals surface area contributed by atoms with Crippen LogP contribution in [0.1, 0.15) is 5.56 Å². The van der Waals surface area contributed by atoms with Gasteiger partial charge in [-0.3, -0.25) is 0 Å². The summed E-state index contributed by atoms with van der Waals surface area (Å²) in [4.78, 5) is 0. The third-order valence-corrected chi connectivity index (χ3v) is 3.61. The number of methoxy groups -OCH3 is 2. The van der Waals surface area contributed by atoms with Crippen LogP contribution in [0.15, 0.2) is 36.4 Å². The molecule has 2 aromatic carbocycles. The van der Waals surface area contributed by atoms with Crippen molar-refractivity contribution in [2.45, 2.75) is 6.92 Å². The molecule has 0 radical (unpaired) electrons. The first kappa shape index (κ1) is 16.4. The van der Waals surface area contributed by atoms with Crippen LogP contribution >= 0.6 is 23.8 Å². The number of rotatable bonds is 4. The summed E-state index contributed by atoms with van der Waals surface area (Å²) >= 11 is 11.5. The fraction of sp³-hybridized carbons (Fsp3) is 0.188. The van der Waals surface area contributed by atoms with E-state index in [0.29, 0.717) is 27.3 Å². The number of para-hydroxylation sites is 1. The van der Waals surface area contributed by atoms with Crippen LogP contribution in [0.5, 0.6) is 11.5 Å². The van der Waals surface area contributed by atoms with Gasteiger partial charge in [-0.05, 0) is 36.8 Å². The Kier molecular flexibility index (Phi) is 5.46. The quantitative estimate of drug-likeness (QED) is 0.806. The zero-order valence-corrected chi connectivity index (χ0v) is 14.1. The molecule has 0 saturated carbocycles. The van der Waals surface area contributed by atoms with E-state index in [9.17, 15) is 0 Å². The summed E-state index contributed by atoms with van der Waals surface area (Å²) in [5, 5.41) is 7.16. The summed E-state index contributed by atoms with van der Waals surface area (Å²) in [6, 6.07) is 11.3. The number of halogens is 1. The zero-order chi connectivity index (χ0) is 16.1. The Morgan fingerprint density at radius 2 is 1.64 bits per heavy atom. The van der Waals surface area contributed by atoms with E-state index >= 15 is 0 Å². The Hall–Kier alpha value is -1.98. The van der Waals surface area contributed by atoms with Crippen molar-refractivity contribution < 1.29 is 9.47 Å². The third kappa shape index (κ3) is 3.81. The predicted octanol–water partition coefficient (Wildman–Crippen LogP) is 4.47. The molecule has 2 N–H and O–H groups in total. The van der Waals surface area contributed by atoms with Crippen LogP contribution in [-0.4, -0.2) is 19.3 Å². The van der Waals surface area contributed by atoms with Crippen molar-refractivity contribution in [1.82, 2.24) is 0 Å². The summed E-state index contributed by atoms with van der Waals surface area (Å²) in [5.41, 5.74) is 2.71. The van der Waals surface area contributed by atoms with Crippen molar-refractivity contribution in [1.29, 1.82) is 0 Å². The second kappa shape index (κ2) is 7.33. The van der Waals surface area contributed by atoms with Gasteiger partial charge in [0.1, 0.15) is 11.5 Å². The lowest BCUT2D eigenvalue weighted by atomic mass is 10.2. The molecule has 0 aliphatic heterocycles. The number of anilines is 2. The van der Waals surface area contributed by atoms with E-state index in [-0.39, 0.29) is 0 Å². The number of aryl methyl sites for hydroxylation is 1. The highest BCUT2D eigenvalue weighted by molar-refractivity contribution is 7.80. The average molecular weight is 337 g/mol. The molecule has 116 valence electrons. The SMILES string of the molecule is COc1cc(OC)c(NC(=S)Nc2ccccc2C)cc1Cl. The smallest absolute Gasteiger partial charge is 0.175 e. The largest absolute Gasteiger partial charge is 0.495 e. The molecule has 22 heavy (non-hydrogen) atoms. The van der Waals surface area contributed by atoms with Crippen LogP contribution in [-0.2, 0) is 0 Å². The predicted molar refractivity (Wildman–Crippen MR) is 95.6 cm³/mol. The number of benzene rings is 2. The van der Waals surface area contributed by atoms with E-state index in [1.165, 1.54) is 0 Å². The molecule has 0 aliphatic carbocycles. The Morgan fingerprint density at radius 3 is 2.27 bits per heavy atom. The minimum atomic E-state index is 0.453. The lowest BCUT2D eigenvalue weighted by Crippen LogP contribution is -2.20. The number of hydrogen-bond acceptors (Lipinski definition) is 3. The van der Waals surface area contributed by atoms with Gasteiger partial charge in [0, 0.05) is 11.8 Å². The Morgan fingerprint density at radius 1 is 1.00 bits per heavy atom. The molecule has 0 heterocycles. The summed E-state index contributed by atoms with van der Waals surface area (Å²) in [7, 11) is 3.13. The van der Waals surface area contributed by atoms with Crippen LogP contribution in [0.2, 0.25) is 5.02 Å². The van der Waals surface area contributed by atoms with Crippen LogP contribution in [0.4, 0.5) is 11.4 Å². The monoisotopic (exact) mass is 336 g/mol. The Bertz CT molecular complexity index is 692. The van der Waals surface area contributed by atoms with E-state index in [4.69, 9.17) is 33.3 Å². The van der Waals surface area contributed by atoms with Crippen LogP contribution in [0.3, 0.4) is 0 Å². The summed E-state index contributed by atoms with van der Waals surface area (Å²) in [6.07, 6.45) is 0. The maximum absolute atomic E-state index is 6.14. The highest BCUT2D eigenvalue weighted by Gasteiger charge is 2.11. The average Bonchev–Trinajstić information content (AvgIpc) is 2.50. The normalized spacial score (nSPS) is 10.0. The molecule has 2 rings (SSSR count). The highest BCUT2D eigenvalue weighted by Crippen LogP contribution is 2.35. The minimum Gasteiger partial charge on any atom is -0.495 e. The van der Waals surface area contributed by atoms with Crippen molar-refractivity contribution in [2.75, 3.05) is 24.9 Å². The standard InChI is InChI=1S/C16H17ClN2O2S/c1-10-6-4-5-7-12(10)18-16(22)19-13-8-11(17)14(20-2)9-15(13)21-3/h4-9H,1-3H3,(H2,18,19,22). The third-order valence-electron chi connectivity index (χ3n) is 3.12. The van der Waals surface area contributed by atoms with Gasteiger partial charge in [0.25, 0.3) is 0 Å². The molecule has 0 unspecified atom stereocenters. The Labute approximate surface area is 140 Å². The number of thiocarbonyl (C=S) groups is 1. The molecule has 0 fully saturated rings. The topological polar surface area (TPSA) is 42.5 Å². The molecule has 0 atom stereocenters. The Balaban J connectivity index is 2.18. The van der Waals surface area contributed by atoms with E-state index in [0.717, 1.165) is 11.3 Å². The first-order valence-corrected chi connectivity index (χ1v) is 7.39. The van der Waals surface area contributed by atoms with Gasteiger partial charge in [-0.15, -0.1) is 0 Å². The van der Waals surface area contributed by atoms with Gasteiger partial charge in [0.15, 0.2) is 5.11 Å². The molecule has 2 aromatic rings. The maximum atomic E-state index is 6.14. The number of hydrogen-bond donors (Lipinski definition) is 2. The van der Waals surface area contributed by atoms with Crippen molar-refractivity contribution in [2.24, 2.45) is 0 Å². The van der Waals surface area contributed by atoms with Gasteiger partial charge in [-0.25, -0.2) is 0 Å². The van der Waals surface area contributed by atoms with Gasteiger partial charge < -0.3 is 20.1 Å². The minimum absolute atomic E-state index is 0.453. The molecule has 0 aromatic heterocycles. The second-order valence-corrected chi connectivity index (χ2v) is 5.40. The lowest BCUT2D eigenvalue weighted by molar-refractivity contribution is 0.396. The maximum Gasteiger partial charge on any atom is 0.175 e. The molecule has 0 bridgehead atoms. The van der Waals surface area contributed by atoms with E-state index in [1.807, 2.05) is 31.2 Å². The van der Waals surface area contributed by atoms with Gasteiger partial charge >= 0.3 is 0 Å². The second-order valence-electron chi connectivity index (χ2n) is 4.58. The fourth-order valence-electron chi connectivity index (χ4n) is 1.95. The van der Waals surface area contributed by atoms with Crippen LogP contribution in [0.25, 0.3) is 0 Å². The first-order chi connectivity index (χ1) is 10.5. The molecule has 0 saturated heterocycles.